The molecule has 0 spiro atoms. The summed E-state index contributed by atoms with van der Waals surface area (Å²) in [5.74, 6) is 0.857. The maximum absolute atomic E-state index is 9.65. The van der Waals surface area contributed by atoms with Gasteiger partial charge in [0.1, 0.15) is 0 Å². The maximum atomic E-state index is 9.65. The SMILES string of the molecule is Cn1cc(SCCC(C)(O)CN)cn1. The Morgan fingerprint density at radius 1 is 1.71 bits per heavy atom. The second-order valence-electron chi connectivity index (χ2n) is 3.65. The second-order valence-corrected chi connectivity index (χ2v) is 4.82. The van der Waals surface area contributed by atoms with Crippen molar-refractivity contribution in [3.8, 4) is 0 Å². The lowest BCUT2D eigenvalue weighted by atomic mass is 10.1. The minimum atomic E-state index is -0.741. The van der Waals surface area contributed by atoms with Crippen LogP contribution < -0.4 is 5.73 Å². The van der Waals surface area contributed by atoms with E-state index in [1.165, 1.54) is 0 Å². The normalized spacial score (nSPS) is 15.4. The Hall–Kier alpha value is -0.520. The Balaban J connectivity index is 2.28. The molecule has 0 aromatic carbocycles. The molecule has 0 saturated carbocycles. The minimum absolute atomic E-state index is 0.306. The summed E-state index contributed by atoms with van der Waals surface area (Å²) in [7, 11) is 1.89. The highest BCUT2D eigenvalue weighted by atomic mass is 32.2. The molecule has 0 aliphatic carbocycles. The molecular weight excluding hydrogens is 198 g/mol. The van der Waals surface area contributed by atoms with Gasteiger partial charge in [0, 0.05) is 30.4 Å². The molecule has 1 unspecified atom stereocenters. The standard InChI is InChI=1S/C9H17N3OS/c1-9(13,7-10)3-4-14-8-5-11-12(2)6-8/h5-6,13H,3-4,7,10H2,1-2H3. The fraction of sp³-hybridized carbons (Fsp3) is 0.667. The first kappa shape index (κ1) is 11.6. The predicted molar refractivity (Wildman–Crippen MR) is 58.2 cm³/mol. The maximum Gasteiger partial charge on any atom is 0.0749 e. The summed E-state index contributed by atoms with van der Waals surface area (Å²) in [5.41, 5.74) is 4.67. The quantitative estimate of drug-likeness (QED) is 0.706. The Kier molecular flexibility index (Phi) is 3.97. The summed E-state index contributed by atoms with van der Waals surface area (Å²) in [6.07, 6.45) is 4.48. The highest BCUT2D eigenvalue weighted by Crippen LogP contribution is 2.20. The fourth-order valence-corrected chi connectivity index (χ4v) is 2.09. The number of thioether (sulfide) groups is 1. The first-order valence-electron chi connectivity index (χ1n) is 4.57. The van der Waals surface area contributed by atoms with Gasteiger partial charge < -0.3 is 10.8 Å². The molecule has 0 bridgehead atoms. The molecule has 0 amide bonds. The zero-order valence-electron chi connectivity index (χ0n) is 8.60. The van der Waals surface area contributed by atoms with Crippen LogP contribution in [0, 0.1) is 0 Å². The van der Waals surface area contributed by atoms with Crippen LogP contribution in [0.3, 0.4) is 0 Å². The van der Waals surface area contributed by atoms with E-state index < -0.39 is 5.60 Å². The van der Waals surface area contributed by atoms with Gasteiger partial charge in [-0.1, -0.05) is 0 Å². The summed E-state index contributed by atoms with van der Waals surface area (Å²) in [5, 5.41) is 13.7. The van der Waals surface area contributed by atoms with Gasteiger partial charge in [0.2, 0.25) is 0 Å². The molecule has 1 atom stereocenters. The van der Waals surface area contributed by atoms with Crippen LogP contribution in [-0.4, -0.2) is 32.8 Å². The highest BCUT2D eigenvalue weighted by molar-refractivity contribution is 7.99. The number of aromatic nitrogens is 2. The van der Waals surface area contributed by atoms with Gasteiger partial charge in [0.25, 0.3) is 0 Å². The molecule has 0 radical (unpaired) electrons. The average molecular weight is 215 g/mol. The average Bonchev–Trinajstić information content (AvgIpc) is 2.51. The van der Waals surface area contributed by atoms with E-state index in [1.54, 1.807) is 23.4 Å². The van der Waals surface area contributed by atoms with E-state index in [1.807, 2.05) is 19.4 Å². The van der Waals surface area contributed by atoms with Crippen LogP contribution in [0.2, 0.25) is 0 Å². The molecule has 0 aliphatic heterocycles. The van der Waals surface area contributed by atoms with E-state index in [9.17, 15) is 5.11 Å². The Labute approximate surface area is 88.5 Å². The molecule has 5 heteroatoms. The Bertz CT molecular complexity index is 285. The fourth-order valence-electron chi connectivity index (χ4n) is 0.964. The first-order chi connectivity index (χ1) is 6.53. The number of nitrogens with zero attached hydrogens (tertiary/aromatic N) is 2. The number of nitrogens with two attached hydrogens (primary N) is 1. The number of rotatable bonds is 5. The largest absolute Gasteiger partial charge is 0.389 e. The lowest BCUT2D eigenvalue weighted by Crippen LogP contribution is -2.34. The van der Waals surface area contributed by atoms with E-state index in [2.05, 4.69) is 5.10 Å². The third-order valence-corrected chi connectivity index (χ3v) is 2.98. The first-order valence-corrected chi connectivity index (χ1v) is 5.56. The van der Waals surface area contributed by atoms with Gasteiger partial charge in [-0.2, -0.15) is 5.10 Å². The van der Waals surface area contributed by atoms with Crippen LogP contribution in [-0.2, 0) is 7.05 Å². The summed E-state index contributed by atoms with van der Waals surface area (Å²) in [6.45, 7) is 2.07. The molecule has 1 rings (SSSR count). The lowest BCUT2D eigenvalue weighted by Gasteiger charge is -2.19. The van der Waals surface area contributed by atoms with Crippen molar-refractivity contribution < 1.29 is 5.11 Å². The monoisotopic (exact) mass is 215 g/mol. The number of aryl methyl sites for hydroxylation is 1. The van der Waals surface area contributed by atoms with E-state index in [0.29, 0.717) is 13.0 Å². The van der Waals surface area contributed by atoms with Gasteiger partial charge in [-0.25, -0.2) is 0 Å². The van der Waals surface area contributed by atoms with Crippen LogP contribution in [0.1, 0.15) is 13.3 Å². The molecule has 1 heterocycles. The van der Waals surface area contributed by atoms with Crippen molar-refractivity contribution in [2.45, 2.75) is 23.8 Å². The Morgan fingerprint density at radius 3 is 2.93 bits per heavy atom. The van der Waals surface area contributed by atoms with Crippen LogP contribution in [0.5, 0.6) is 0 Å². The van der Waals surface area contributed by atoms with Crippen LogP contribution in [0.4, 0.5) is 0 Å². The van der Waals surface area contributed by atoms with Crippen molar-refractivity contribution in [2.75, 3.05) is 12.3 Å². The summed E-state index contributed by atoms with van der Waals surface area (Å²) < 4.78 is 1.77. The number of hydrogen-bond acceptors (Lipinski definition) is 4. The summed E-state index contributed by atoms with van der Waals surface area (Å²) in [4.78, 5) is 1.13. The third-order valence-electron chi connectivity index (χ3n) is 2.03. The second kappa shape index (κ2) is 4.82. The van der Waals surface area contributed by atoms with Crippen molar-refractivity contribution in [1.29, 1.82) is 0 Å². The number of hydrogen-bond donors (Lipinski definition) is 2. The molecule has 4 nitrogen and oxygen atoms in total. The van der Waals surface area contributed by atoms with Gasteiger partial charge in [0.15, 0.2) is 0 Å². The molecule has 0 fully saturated rings. The molecule has 14 heavy (non-hydrogen) atoms. The van der Waals surface area contributed by atoms with Gasteiger partial charge >= 0.3 is 0 Å². The van der Waals surface area contributed by atoms with Gasteiger partial charge in [-0.05, 0) is 13.3 Å². The van der Waals surface area contributed by atoms with Crippen LogP contribution in [0.15, 0.2) is 17.3 Å². The molecule has 1 aromatic heterocycles. The molecular formula is C9H17N3OS. The minimum Gasteiger partial charge on any atom is -0.389 e. The van der Waals surface area contributed by atoms with Crippen LogP contribution >= 0.6 is 11.8 Å². The topological polar surface area (TPSA) is 64.1 Å². The van der Waals surface area contributed by atoms with E-state index in [4.69, 9.17) is 5.73 Å². The summed E-state index contributed by atoms with van der Waals surface area (Å²) >= 11 is 1.68. The molecule has 80 valence electrons. The van der Waals surface area contributed by atoms with Crippen LogP contribution in [0.25, 0.3) is 0 Å². The molecule has 1 aromatic rings. The zero-order chi connectivity index (χ0) is 10.6. The van der Waals surface area contributed by atoms with Gasteiger partial charge in [-0.3, -0.25) is 4.68 Å². The predicted octanol–water partition coefficient (Wildman–Crippen LogP) is 0.612. The van der Waals surface area contributed by atoms with E-state index in [0.717, 1.165) is 10.6 Å². The van der Waals surface area contributed by atoms with E-state index in [-0.39, 0.29) is 0 Å². The number of aliphatic hydroxyl groups is 1. The Morgan fingerprint density at radius 2 is 2.43 bits per heavy atom. The highest BCUT2D eigenvalue weighted by Gasteiger charge is 2.17. The summed E-state index contributed by atoms with van der Waals surface area (Å²) in [6, 6.07) is 0. The van der Waals surface area contributed by atoms with E-state index >= 15 is 0 Å². The van der Waals surface area contributed by atoms with Crippen molar-refractivity contribution in [2.24, 2.45) is 12.8 Å². The molecule has 3 N–H and O–H groups in total. The molecule has 0 saturated heterocycles. The smallest absolute Gasteiger partial charge is 0.0749 e. The third kappa shape index (κ3) is 3.69. The van der Waals surface area contributed by atoms with Gasteiger partial charge in [0.05, 0.1) is 11.8 Å². The van der Waals surface area contributed by atoms with Crippen molar-refractivity contribution in [3.05, 3.63) is 12.4 Å². The zero-order valence-corrected chi connectivity index (χ0v) is 9.42. The van der Waals surface area contributed by atoms with Crippen molar-refractivity contribution in [1.82, 2.24) is 9.78 Å². The van der Waals surface area contributed by atoms with Crippen molar-refractivity contribution >= 4 is 11.8 Å². The lowest BCUT2D eigenvalue weighted by molar-refractivity contribution is 0.0665. The molecule has 0 aliphatic rings. The van der Waals surface area contributed by atoms with Crippen molar-refractivity contribution in [3.63, 3.8) is 0 Å². The van der Waals surface area contributed by atoms with Gasteiger partial charge in [-0.15, -0.1) is 11.8 Å².